The standard InChI is InChI=1S/C34H41F3O8/c1-4-11-25(12-5-2)22-43-33(41)45-24(3)44-32(40)16-9-7-6-8-15-30-26(18-20-31(30)39)17-19-28(38)23-42-29-14-10-13-27(21-29)34(35,36)37/h1-2,6,8,10,13-14,17,19,21,24-26,28,30-31,38-39H,7,9,11-12,15-16,18,20,22-23H2,3H3/b8-6-,19-17+/t24?,26-,28+,30+,31-/m0/s1. The van der Waals surface area contributed by atoms with Crippen LogP contribution in [0.15, 0.2) is 48.6 Å². The average molecular weight is 635 g/mol. The third-order valence-corrected chi connectivity index (χ3v) is 7.14. The Kier molecular flexibility index (Phi) is 16.1. The minimum atomic E-state index is -4.49. The van der Waals surface area contributed by atoms with Gasteiger partial charge in [0.2, 0.25) is 6.29 Å². The van der Waals surface area contributed by atoms with Crippen LogP contribution in [-0.4, -0.2) is 54.0 Å². The smallest absolute Gasteiger partial charge is 0.491 e. The van der Waals surface area contributed by atoms with E-state index in [4.69, 9.17) is 31.8 Å². The number of aliphatic hydroxyl groups is 2. The number of allylic oxidation sites excluding steroid dienone is 3. The summed E-state index contributed by atoms with van der Waals surface area (Å²) in [5.74, 6) is 4.17. The van der Waals surface area contributed by atoms with E-state index < -0.39 is 42.4 Å². The number of rotatable bonds is 17. The van der Waals surface area contributed by atoms with Crippen molar-refractivity contribution in [3.05, 3.63) is 54.1 Å². The van der Waals surface area contributed by atoms with E-state index in [2.05, 4.69) is 11.8 Å². The summed E-state index contributed by atoms with van der Waals surface area (Å²) in [6, 6.07) is 4.45. The maximum atomic E-state index is 12.9. The van der Waals surface area contributed by atoms with Crippen molar-refractivity contribution in [2.45, 2.75) is 83.0 Å². The fourth-order valence-electron chi connectivity index (χ4n) is 4.80. The second-order valence-electron chi connectivity index (χ2n) is 10.8. The molecular weight excluding hydrogens is 593 g/mol. The van der Waals surface area contributed by atoms with Crippen LogP contribution in [0.3, 0.4) is 0 Å². The first kappa shape index (κ1) is 37.3. The molecule has 1 saturated carbocycles. The Hall–Kier alpha value is -3.93. The quantitative estimate of drug-likeness (QED) is 0.0684. The average Bonchev–Trinajstić information content (AvgIpc) is 3.34. The van der Waals surface area contributed by atoms with Gasteiger partial charge in [0.25, 0.3) is 0 Å². The van der Waals surface area contributed by atoms with Gasteiger partial charge in [0, 0.05) is 32.1 Å². The van der Waals surface area contributed by atoms with Crippen LogP contribution >= 0.6 is 0 Å². The normalized spacial score (nSPS) is 19.6. The van der Waals surface area contributed by atoms with E-state index in [-0.39, 0.29) is 43.1 Å². The molecule has 0 amide bonds. The molecule has 1 aliphatic rings. The van der Waals surface area contributed by atoms with E-state index >= 15 is 0 Å². The zero-order valence-electron chi connectivity index (χ0n) is 25.3. The fraction of sp³-hybridized carbons (Fsp3) is 0.529. The largest absolute Gasteiger partial charge is 0.511 e. The van der Waals surface area contributed by atoms with Gasteiger partial charge in [0.15, 0.2) is 0 Å². The summed E-state index contributed by atoms with van der Waals surface area (Å²) < 4.78 is 58.9. The van der Waals surface area contributed by atoms with Crippen LogP contribution in [0.25, 0.3) is 0 Å². The van der Waals surface area contributed by atoms with Gasteiger partial charge < -0.3 is 29.2 Å². The summed E-state index contributed by atoms with van der Waals surface area (Å²) in [6.07, 6.45) is 13.4. The summed E-state index contributed by atoms with van der Waals surface area (Å²) in [4.78, 5) is 23.9. The monoisotopic (exact) mass is 634 g/mol. The van der Waals surface area contributed by atoms with Crippen molar-refractivity contribution in [1.82, 2.24) is 0 Å². The summed E-state index contributed by atoms with van der Waals surface area (Å²) in [6.45, 7) is 1.19. The van der Waals surface area contributed by atoms with Gasteiger partial charge in [0.05, 0.1) is 18.3 Å². The number of ether oxygens (including phenoxy) is 4. The van der Waals surface area contributed by atoms with Crippen molar-refractivity contribution in [2.75, 3.05) is 13.2 Å². The lowest BCUT2D eigenvalue weighted by molar-refractivity contribution is -0.168. The number of unbranched alkanes of at least 4 members (excludes halogenated alkanes) is 1. The molecule has 0 aliphatic heterocycles. The lowest BCUT2D eigenvalue weighted by Crippen LogP contribution is -2.23. The number of benzene rings is 1. The molecule has 5 atom stereocenters. The molecule has 0 heterocycles. The minimum absolute atomic E-state index is 0.00154. The number of halogens is 3. The summed E-state index contributed by atoms with van der Waals surface area (Å²) in [5, 5.41) is 20.7. The first-order valence-electron chi connectivity index (χ1n) is 14.8. The molecule has 8 nitrogen and oxygen atoms in total. The van der Waals surface area contributed by atoms with E-state index in [0.717, 1.165) is 18.6 Å². The number of carbonyl (C=O) groups excluding carboxylic acids is 2. The molecule has 2 N–H and O–H groups in total. The summed E-state index contributed by atoms with van der Waals surface area (Å²) in [7, 11) is 0. The maximum absolute atomic E-state index is 12.9. The highest BCUT2D eigenvalue weighted by molar-refractivity contribution is 5.69. The molecule has 11 heteroatoms. The predicted octanol–water partition coefficient (Wildman–Crippen LogP) is 6.21. The number of terminal acetylenes is 2. The third kappa shape index (κ3) is 14.6. The molecule has 0 saturated heterocycles. The second kappa shape index (κ2) is 19.5. The molecule has 0 bridgehead atoms. The molecule has 45 heavy (non-hydrogen) atoms. The highest BCUT2D eigenvalue weighted by Crippen LogP contribution is 2.36. The number of hydrogen-bond acceptors (Lipinski definition) is 8. The van der Waals surface area contributed by atoms with Gasteiger partial charge in [-0.25, -0.2) is 4.79 Å². The molecule has 1 aliphatic carbocycles. The third-order valence-electron chi connectivity index (χ3n) is 7.14. The fourth-order valence-corrected chi connectivity index (χ4v) is 4.80. The predicted molar refractivity (Wildman–Crippen MR) is 160 cm³/mol. The molecule has 1 fully saturated rings. The van der Waals surface area contributed by atoms with Crippen LogP contribution in [0.1, 0.15) is 63.9 Å². The number of aliphatic hydroxyl groups excluding tert-OH is 2. The minimum Gasteiger partial charge on any atom is -0.491 e. The van der Waals surface area contributed by atoms with Gasteiger partial charge in [-0.3, -0.25) is 4.79 Å². The number of esters is 1. The number of hydrogen-bond donors (Lipinski definition) is 2. The molecule has 2 rings (SSSR count). The van der Waals surface area contributed by atoms with E-state index in [9.17, 15) is 33.0 Å². The van der Waals surface area contributed by atoms with Crippen LogP contribution < -0.4 is 4.74 Å². The second-order valence-corrected chi connectivity index (χ2v) is 10.8. The highest BCUT2D eigenvalue weighted by Gasteiger charge is 2.32. The van der Waals surface area contributed by atoms with Crippen molar-refractivity contribution >= 4 is 12.1 Å². The van der Waals surface area contributed by atoms with Crippen LogP contribution in [0.5, 0.6) is 5.75 Å². The lowest BCUT2D eigenvalue weighted by atomic mass is 9.90. The zero-order chi connectivity index (χ0) is 33.2. The molecule has 1 aromatic rings. The van der Waals surface area contributed by atoms with Crippen LogP contribution in [0, 0.1) is 42.4 Å². The highest BCUT2D eigenvalue weighted by atomic mass is 19.4. The first-order valence-corrected chi connectivity index (χ1v) is 14.8. The Morgan fingerprint density at radius 1 is 1.11 bits per heavy atom. The summed E-state index contributed by atoms with van der Waals surface area (Å²) >= 11 is 0. The Morgan fingerprint density at radius 3 is 2.53 bits per heavy atom. The van der Waals surface area contributed by atoms with Crippen LogP contribution in [0.2, 0.25) is 0 Å². The summed E-state index contributed by atoms with van der Waals surface area (Å²) in [5.41, 5.74) is -0.830. The van der Waals surface area contributed by atoms with Gasteiger partial charge in [-0.15, -0.1) is 24.7 Å². The van der Waals surface area contributed by atoms with Gasteiger partial charge in [-0.2, -0.15) is 13.2 Å². The molecule has 0 spiro atoms. The van der Waals surface area contributed by atoms with Gasteiger partial charge >= 0.3 is 18.3 Å². The SMILES string of the molecule is C#CCC(CC#C)COC(=O)OC(C)OC(=O)CCC/C=C\C[C@H]1[C@@H](O)CC[C@@H]1/C=C/[C@@H](O)COc1cccc(C(F)(F)F)c1. The molecule has 0 aromatic heterocycles. The maximum Gasteiger partial charge on any atom is 0.511 e. The van der Waals surface area contributed by atoms with Gasteiger partial charge in [-0.1, -0.05) is 30.4 Å². The van der Waals surface area contributed by atoms with Crippen molar-refractivity contribution in [1.29, 1.82) is 0 Å². The number of alkyl halides is 3. The van der Waals surface area contributed by atoms with E-state index in [0.29, 0.717) is 38.5 Å². The molecule has 1 aromatic carbocycles. The van der Waals surface area contributed by atoms with Crippen LogP contribution in [-0.2, 0) is 25.2 Å². The van der Waals surface area contributed by atoms with E-state index in [1.165, 1.54) is 19.1 Å². The van der Waals surface area contributed by atoms with Crippen LogP contribution in [0.4, 0.5) is 18.0 Å². The first-order chi connectivity index (χ1) is 21.4. The Labute approximate surface area is 262 Å². The Bertz CT molecular complexity index is 1200. The molecule has 246 valence electrons. The topological polar surface area (TPSA) is 112 Å². The molecule has 1 unspecified atom stereocenters. The van der Waals surface area contributed by atoms with Crippen molar-refractivity contribution < 1.29 is 51.9 Å². The van der Waals surface area contributed by atoms with Crippen molar-refractivity contribution in [3.63, 3.8) is 0 Å². The van der Waals surface area contributed by atoms with Gasteiger partial charge in [0.1, 0.15) is 18.5 Å². The Balaban J connectivity index is 1.67. The number of carbonyl (C=O) groups is 2. The van der Waals surface area contributed by atoms with Crippen molar-refractivity contribution in [3.8, 4) is 30.4 Å². The molecular formula is C34H41F3O8. The van der Waals surface area contributed by atoms with E-state index in [1.54, 1.807) is 6.08 Å². The van der Waals surface area contributed by atoms with E-state index in [1.807, 2.05) is 18.2 Å². The molecule has 0 radical (unpaired) electrons. The Morgan fingerprint density at radius 2 is 1.84 bits per heavy atom. The lowest BCUT2D eigenvalue weighted by Gasteiger charge is -2.18. The van der Waals surface area contributed by atoms with Crippen molar-refractivity contribution in [2.24, 2.45) is 17.8 Å². The zero-order valence-corrected chi connectivity index (χ0v) is 25.3. The van der Waals surface area contributed by atoms with Gasteiger partial charge in [-0.05, 0) is 62.1 Å².